The van der Waals surface area contributed by atoms with E-state index < -0.39 is 9.84 Å². The molecular weight excluding hydrogens is 276 g/mol. The highest BCUT2D eigenvalue weighted by Gasteiger charge is 2.30. The molecule has 1 heterocycles. The number of anilines is 1. The van der Waals surface area contributed by atoms with Crippen LogP contribution in [0.4, 0.5) is 5.69 Å². The molecule has 0 saturated carbocycles. The molecule has 1 aliphatic rings. The van der Waals surface area contributed by atoms with E-state index in [2.05, 4.69) is 10.6 Å². The summed E-state index contributed by atoms with van der Waals surface area (Å²) < 4.78 is 23.2. The Bertz CT molecular complexity index is 567. The SMILES string of the molecule is Cc1ccc(NC(=O)CNCC2CCCS2(=O)=O)cc1. The first-order chi connectivity index (χ1) is 9.47. The van der Waals surface area contributed by atoms with Crippen LogP contribution in [0.3, 0.4) is 0 Å². The molecule has 110 valence electrons. The molecule has 2 N–H and O–H groups in total. The van der Waals surface area contributed by atoms with Crippen molar-refractivity contribution in [1.29, 1.82) is 0 Å². The van der Waals surface area contributed by atoms with Gasteiger partial charge in [-0.2, -0.15) is 0 Å². The Balaban J connectivity index is 1.74. The van der Waals surface area contributed by atoms with Crippen molar-refractivity contribution in [2.24, 2.45) is 0 Å². The zero-order chi connectivity index (χ0) is 14.6. The molecule has 1 amide bonds. The van der Waals surface area contributed by atoms with Crippen LogP contribution in [0, 0.1) is 6.92 Å². The number of rotatable bonds is 5. The van der Waals surface area contributed by atoms with Crippen LogP contribution in [-0.2, 0) is 14.6 Å². The number of hydrogen-bond acceptors (Lipinski definition) is 4. The molecule has 2 rings (SSSR count). The lowest BCUT2D eigenvalue weighted by molar-refractivity contribution is -0.115. The van der Waals surface area contributed by atoms with E-state index >= 15 is 0 Å². The van der Waals surface area contributed by atoms with E-state index in [1.54, 1.807) is 0 Å². The maximum Gasteiger partial charge on any atom is 0.238 e. The van der Waals surface area contributed by atoms with Gasteiger partial charge in [0.15, 0.2) is 9.84 Å². The highest BCUT2D eigenvalue weighted by atomic mass is 32.2. The lowest BCUT2D eigenvalue weighted by Gasteiger charge is -2.11. The van der Waals surface area contributed by atoms with Gasteiger partial charge in [-0.25, -0.2) is 8.42 Å². The predicted octanol–water partition coefficient (Wildman–Crippen LogP) is 1.10. The molecule has 20 heavy (non-hydrogen) atoms. The second kappa shape index (κ2) is 6.37. The van der Waals surface area contributed by atoms with Gasteiger partial charge in [0.05, 0.1) is 17.5 Å². The Morgan fingerprint density at radius 1 is 1.30 bits per heavy atom. The summed E-state index contributed by atoms with van der Waals surface area (Å²) in [6.45, 7) is 2.46. The Hall–Kier alpha value is -1.40. The van der Waals surface area contributed by atoms with Gasteiger partial charge in [0.2, 0.25) is 5.91 Å². The van der Waals surface area contributed by atoms with E-state index in [-0.39, 0.29) is 23.5 Å². The smallest absolute Gasteiger partial charge is 0.238 e. The molecule has 1 aliphatic heterocycles. The fourth-order valence-corrected chi connectivity index (χ4v) is 4.08. The summed E-state index contributed by atoms with van der Waals surface area (Å²) in [4.78, 5) is 11.7. The number of benzene rings is 1. The standard InChI is InChI=1S/C14H20N2O3S/c1-11-4-6-12(7-5-11)16-14(17)10-15-9-13-3-2-8-20(13,18)19/h4-7,13,15H,2-3,8-10H2,1H3,(H,16,17). The van der Waals surface area contributed by atoms with E-state index in [1.165, 1.54) is 0 Å². The fraction of sp³-hybridized carbons (Fsp3) is 0.500. The van der Waals surface area contributed by atoms with Crippen LogP contribution >= 0.6 is 0 Å². The lowest BCUT2D eigenvalue weighted by Crippen LogP contribution is -2.35. The zero-order valence-electron chi connectivity index (χ0n) is 11.6. The summed E-state index contributed by atoms with van der Waals surface area (Å²) in [5, 5.41) is 5.35. The number of carbonyl (C=O) groups is 1. The van der Waals surface area contributed by atoms with Crippen LogP contribution < -0.4 is 10.6 Å². The van der Waals surface area contributed by atoms with Crippen molar-refractivity contribution in [3.05, 3.63) is 29.8 Å². The Labute approximate surface area is 119 Å². The Kier molecular flexibility index (Phi) is 4.77. The quantitative estimate of drug-likeness (QED) is 0.853. The number of hydrogen-bond donors (Lipinski definition) is 2. The number of aryl methyl sites for hydroxylation is 1. The molecule has 0 bridgehead atoms. The van der Waals surface area contributed by atoms with Crippen molar-refractivity contribution >= 4 is 21.4 Å². The normalized spacial score (nSPS) is 20.8. The topological polar surface area (TPSA) is 75.3 Å². The van der Waals surface area contributed by atoms with Crippen LogP contribution in [0.2, 0.25) is 0 Å². The van der Waals surface area contributed by atoms with Gasteiger partial charge in [0.25, 0.3) is 0 Å². The third kappa shape index (κ3) is 4.05. The number of nitrogens with one attached hydrogen (secondary N) is 2. The van der Waals surface area contributed by atoms with E-state index in [1.807, 2.05) is 31.2 Å². The minimum atomic E-state index is -2.94. The molecule has 1 unspecified atom stereocenters. The number of amides is 1. The predicted molar refractivity (Wildman–Crippen MR) is 79.5 cm³/mol. The molecule has 1 fully saturated rings. The Morgan fingerprint density at radius 3 is 2.60 bits per heavy atom. The number of sulfone groups is 1. The molecule has 1 aromatic carbocycles. The first-order valence-electron chi connectivity index (χ1n) is 6.76. The van der Waals surface area contributed by atoms with Gasteiger partial charge in [0, 0.05) is 12.2 Å². The van der Waals surface area contributed by atoms with Crippen molar-refractivity contribution in [1.82, 2.24) is 5.32 Å². The third-order valence-electron chi connectivity index (χ3n) is 3.46. The highest BCUT2D eigenvalue weighted by molar-refractivity contribution is 7.92. The molecule has 1 atom stereocenters. The van der Waals surface area contributed by atoms with Crippen LogP contribution in [0.25, 0.3) is 0 Å². The molecule has 0 aliphatic carbocycles. The zero-order valence-corrected chi connectivity index (χ0v) is 12.4. The summed E-state index contributed by atoms with van der Waals surface area (Å²) in [5.41, 5.74) is 1.88. The minimum absolute atomic E-state index is 0.125. The minimum Gasteiger partial charge on any atom is -0.325 e. The van der Waals surface area contributed by atoms with Crippen LogP contribution in [-0.4, -0.2) is 38.4 Å². The summed E-state index contributed by atoms with van der Waals surface area (Å²) in [6, 6.07) is 7.53. The highest BCUT2D eigenvalue weighted by Crippen LogP contribution is 2.18. The van der Waals surface area contributed by atoms with Gasteiger partial charge in [-0.05, 0) is 31.9 Å². The summed E-state index contributed by atoms with van der Waals surface area (Å²) in [6.07, 6.45) is 1.42. The second-order valence-corrected chi connectivity index (χ2v) is 7.58. The van der Waals surface area contributed by atoms with Gasteiger partial charge >= 0.3 is 0 Å². The molecular formula is C14H20N2O3S. The monoisotopic (exact) mass is 296 g/mol. The lowest BCUT2D eigenvalue weighted by atomic mass is 10.2. The van der Waals surface area contributed by atoms with Crippen molar-refractivity contribution in [3.8, 4) is 0 Å². The first kappa shape index (κ1) is 15.0. The van der Waals surface area contributed by atoms with Crippen LogP contribution in [0.5, 0.6) is 0 Å². The van der Waals surface area contributed by atoms with Crippen LogP contribution in [0.1, 0.15) is 18.4 Å². The summed E-state index contributed by atoms with van der Waals surface area (Å²) in [7, 11) is -2.94. The van der Waals surface area contributed by atoms with E-state index in [4.69, 9.17) is 0 Å². The van der Waals surface area contributed by atoms with Crippen molar-refractivity contribution in [2.45, 2.75) is 25.0 Å². The molecule has 1 aromatic rings. The van der Waals surface area contributed by atoms with Crippen molar-refractivity contribution < 1.29 is 13.2 Å². The fourth-order valence-electron chi connectivity index (χ4n) is 2.28. The van der Waals surface area contributed by atoms with E-state index in [0.717, 1.165) is 17.7 Å². The third-order valence-corrected chi connectivity index (χ3v) is 5.73. The van der Waals surface area contributed by atoms with Gasteiger partial charge in [0.1, 0.15) is 0 Å². The second-order valence-electron chi connectivity index (χ2n) is 5.18. The van der Waals surface area contributed by atoms with Gasteiger partial charge in [-0.15, -0.1) is 0 Å². The average Bonchev–Trinajstić information content (AvgIpc) is 2.72. The molecule has 6 heteroatoms. The molecule has 0 radical (unpaired) electrons. The van der Waals surface area contributed by atoms with Crippen molar-refractivity contribution in [3.63, 3.8) is 0 Å². The molecule has 1 saturated heterocycles. The van der Waals surface area contributed by atoms with Crippen molar-refractivity contribution in [2.75, 3.05) is 24.2 Å². The van der Waals surface area contributed by atoms with E-state index in [0.29, 0.717) is 13.0 Å². The summed E-state index contributed by atoms with van der Waals surface area (Å²) >= 11 is 0. The average molecular weight is 296 g/mol. The molecule has 0 spiro atoms. The maximum atomic E-state index is 11.7. The maximum absolute atomic E-state index is 11.7. The first-order valence-corrected chi connectivity index (χ1v) is 8.48. The van der Waals surface area contributed by atoms with Gasteiger partial charge in [-0.3, -0.25) is 4.79 Å². The largest absolute Gasteiger partial charge is 0.325 e. The van der Waals surface area contributed by atoms with Gasteiger partial charge < -0.3 is 10.6 Å². The number of carbonyl (C=O) groups excluding carboxylic acids is 1. The summed E-state index contributed by atoms with van der Waals surface area (Å²) in [5.74, 6) is 0.110. The molecule has 5 nitrogen and oxygen atoms in total. The van der Waals surface area contributed by atoms with Crippen LogP contribution in [0.15, 0.2) is 24.3 Å². The van der Waals surface area contributed by atoms with Gasteiger partial charge in [-0.1, -0.05) is 17.7 Å². The van der Waals surface area contributed by atoms with E-state index in [9.17, 15) is 13.2 Å². The molecule has 0 aromatic heterocycles. The Morgan fingerprint density at radius 2 is 2.00 bits per heavy atom.